The average molecular weight is 401 g/mol. The van der Waals surface area contributed by atoms with Crippen LogP contribution in [0, 0.1) is 6.92 Å². The Hall–Kier alpha value is -3.39. The normalized spacial score (nSPS) is 10.7. The summed E-state index contributed by atoms with van der Waals surface area (Å²) in [6.07, 6.45) is 0. The minimum absolute atomic E-state index is 0.129. The van der Waals surface area contributed by atoms with Gasteiger partial charge in [-0.3, -0.25) is 9.59 Å². The van der Waals surface area contributed by atoms with Gasteiger partial charge in [-0.1, -0.05) is 29.8 Å². The van der Waals surface area contributed by atoms with Crippen molar-refractivity contribution in [3.63, 3.8) is 0 Å². The number of anilines is 1. The van der Waals surface area contributed by atoms with Crippen LogP contribution in [-0.2, 0) is 11.3 Å². The number of benzene rings is 2. The molecule has 8 nitrogen and oxygen atoms in total. The fourth-order valence-electron chi connectivity index (χ4n) is 2.75. The molecule has 0 saturated carbocycles. The highest BCUT2D eigenvalue weighted by atomic mass is 35.5. The molecule has 1 N–H and O–H groups in total. The van der Waals surface area contributed by atoms with Gasteiger partial charge in [0.25, 0.3) is 5.56 Å². The van der Waals surface area contributed by atoms with Gasteiger partial charge in [0.15, 0.2) is 0 Å². The Morgan fingerprint density at radius 1 is 1.25 bits per heavy atom. The Balaban J connectivity index is 1.96. The number of carbonyl (C=O) groups is 2. The van der Waals surface area contributed by atoms with Gasteiger partial charge in [-0.25, -0.2) is 4.68 Å². The third kappa shape index (κ3) is 3.67. The summed E-state index contributed by atoms with van der Waals surface area (Å²) in [5, 5.41) is 18.5. The first kappa shape index (κ1) is 19.4. The van der Waals surface area contributed by atoms with Crippen molar-refractivity contribution < 1.29 is 19.4 Å². The summed E-state index contributed by atoms with van der Waals surface area (Å²) in [7, 11) is 1.43. The van der Waals surface area contributed by atoms with Crippen molar-refractivity contribution in [2.75, 3.05) is 12.4 Å². The quantitative estimate of drug-likeness (QED) is 0.692. The number of carboxylic acids is 1. The van der Waals surface area contributed by atoms with Crippen molar-refractivity contribution in [2.24, 2.45) is 0 Å². The van der Waals surface area contributed by atoms with Gasteiger partial charge >= 0.3 is 0 Å². The second-order valence-corrected chi connectivity index (χ2v) is 6.40. The van der Waals surface area contributed by atoms with E-state index in [1.807, 2.05) is 0 Å². The van der Waals surface area contributed by atoms with E-state index in [4.69, 9.17) is 16.3 Å². The summed E-state index contributed by atoms with van der Waals surface area (Å²) in [6, 6.07) is 9.28. The number of nitrogens with one attached hydrogen (secondary N) is 1. The van der Waals surface area contributed by atoms with Gasteiger partial charge in [-0.05, 0) is 24.6 Å². The summed E-state index contributed by atoms with van der Waals surface area (Å²) in [6.45, 7) is 1.27. The topological polar surface area (TPSA) is 113 Å². The fourth-order valence-corrected chi connectivity index (χ4v) is 2.90. The summed E-state index contributed by atoms with van der Waals surface area (Å²) in [5.74, 6) is -1.78. The predicted molar refractivity (Wildman–Crippen MR) is 102 cm³/mol. The monoisotopic (exact) mass is 400 g/mol. The summed E-state index contributed by atoms with van der Waals surface area (Å²) < 4.78 is 5.98. The molecule has 0 aliphatic carbocycles. The standard InChI is InChI=1S/C19H16ClN3O5/c1-10-7-14(15(28-2)8-13(10)20)21-16(24)9-23-18(25)12-6-4-3-5-11(12)17(22-23)19(26)27/h3-8H,9H2,1-2H3,(H,21,24)(H,26,27)/p-1. The number of hydrogen-bond acceptors (Lipinski definition) is 6. The van der Waals surface area contributed by atoms with Crippen LogP contribution in [0.2, 0.25) is 5.02 Å². The van der Waals surface area contributed by atoms with E-state index < -0.39 is 29.7 Å². The highest BCUT2D eigenvalue weighted by molar-refractivity contribution is 6.31. The molecule has 0 unspecified atom stereocenters. The van der Waals surface area contributed by atoms with E-state index in [0.717, 1.165) is 10.2 Å². The molecule has 0 aliphatic rings. The van der Waals surface area contributed by atoms with E-state index >= 15 is 0 Å². The molecule has 0 fully saturated rings. The predicted octanol–water partition coefficient (Wildman–Crippen LogP) is 1.37. The molecular weight excluding hydrogens is 386 g/mol. The molecular formula is C19H15ClN3O5-. The molecule has 3 rings (SSSR count). The largest absolute Gasteiger partial charge is 0.543 e. The van der Waals surface area contributed by atoms with E-state index in [9.17, 15) is 19.5 Å². The number of rotatable bonds is 5. The zero-order chi connectivity index (χ0) is 20.4. The third-order valence-electron chi connectivity index (χ3n) is 4.11. The second-order valence-electron chi connectivity index (χ2n) is 5.99. The van der Waals surface area contributed by atoms with Crippen LogP contribution in [0.1, 0.15) is 16.1 Å². The number of aryl methyl sites for hydroxylation is 1. The smallest absolute Gasteiger partial charge is 0.275 e. The van der Waals surface area contributed by atoms with E-state index in [-0.39, 0.29) is 10.8 Å². The van der Waals surface area contributed by atoms with Gasteiger partial charge in [0.05, 0.1) is 24.2 Å². The Labute approximate surface area is 164 Å². The van der Waals surface area contributed by atoms with Gasteiger partial charge in [0.2, 0.25) is 5.91 Å². The Bertz CT molecular complexity index is 1160. The molecule has 2 aromatic carbocycles. The van der Waals surface area contributed by atoms with Crippen molar-refractivity contribution in [2.45, 2.75) is 13.5 Å². The van der Waals surface area contributed by atoms with Crippen LogP contribution < -0.4 is 20.7 Å². The zero-order valence-electron chi connectivity index (χ0n) is 15.0. The van der Waals surface area contributed by atoms with Crippen molar-refractivity contribution >= 4 is 39.9 Å². The van der Waals surface area contributed by atoms with Crippen LogP contribution in [0.3, 0.4) is 0 Å². The van der Waals surface area contributed by atoms with E-state index in [1.165, 1.54) is 19.2 Å². The molecule has 1 aromatic heterocycles. The molecule has 0 saturated heterocycles. The van der Waals surface area contributed by atoms with E-state index in [1.54, 1.807) is 31.2 Å². The van der Waals surface area contributed by atoms with Crippen LogP contribution >= 0.6 is 11.6 Å². The maximum atomic E-state index is 12.6. The summed E-state index contributed by atoms with van der Waals surface area (Å²) >= 11 is 6.04. The molecule has 0 aliphatic heterocycles. The average Bonchev–Trinajstić information content (AvgIpc) is 2.66. The third-order valence-corrected chi connectivity index (χ3v) is 4.52. The van der Waals surface area contributed by atoms with Crippen molar-refractivity contribution in [1.29, 1.82) is 0 Å². The number of ether oxygens (including phenoxy) is 1. The molecule has 3 aromatic rings. The van der Waals surface area contributed by atoms with Crippen molar-refractivity contribution in [3.05, 3.63) is 63.0 Å². The number of nitrogens with zero attached hydrogens (tertiary/aromatic N) is 2. The molecule has 1 heterocycles. The number of methoxy groups -OCH3 is 1. The minimum atomic E-state index is -1.54. The molecule has 1 amide bonds. The van der Waals surface area contributed by atoms with E-state index in [0.29, 0.717) is 16.5 Å². The maximum Gasteiger partial charge on any atom is 0.275 e. The Kier molecular flexibility index (Phi) is 5.32. The van der Waals surface area contributed by atoms with Gasteiger partial charge in [0, 0.05) is 16.5 Å². The second kappa shape index (κ2) is 7.69. The Morgan fingerprint density at radius 3 is 2.57 bits per heavy atom. The van der Waals surface area contributed by atoms with Crippen LogP contribution in [-0.4, -0.2) is 28.8 Å². The van der Waals surface area contributed by atoms with Crippen LogP contribution in [0.25, 0.3) is 10.8 Å². The number of carbonyl (C=O) groups excluding carboxylic acids is 2. The molecule has 144 valence electrons. The number of amides is 1. The highest BCUT2D eigenvalue weighted by Crippen LogP contribution is 2.30. The van der Waals surface area contributed by atoms with Crippen molar-refractivity contribution in [1.82, 2.24) is 9.78 Å². The first-order valence-corrected chi connectivity index (χ1v) is 8.54. The van der Waals surface area contributed by atoms with Gasteiger partial charge in [-0.15, -0.1) is 0 Å². The maximum absolute atomic E-state index is 12.6. The molecule has 9 heteroatoms. The lowest BCUT2D eigenvalue weighted by molar-refractivity contribution is -0.255. The van der Waals surface area contributed by atoms with E-state index in [2.05, 4.69) is 10.4 Å². The zero-order valence-corrected chi connectivity index (χ0v) is 15.7. The van der Waals surface area contributed by atoms with Gasteiger partial charge < -0.3 is 20.0 Å². The lowest BCUT2D eigenvalue weighted by Crippen LogP contribution is -2.34. The molecule has 0 bridgehead atoms. The van der Waals surface area contributed by atoms with Crippen LogP contribution in [0.15, 0.2) is 41.2 Å². The van der Waals surface area contributed by atoms with Gasteiger partial charge in [0.1, 0.15) is 18.0 Å². The SMILES string of the molecule is COc1cc(Cl)c(C)cc1NC(=O)Cn1nc(C(=O)[O-])c2ccccc2c1=O. The van der Waals surface area contributed by atoms with Gasteiger partial charge in [-0.2, -0.15) is 5.10 Å². The lowest BCUT2D eigenvalue weighted by Gasteiger charge is -2.14. The number of aromatic nitrogens is 2. The number of halogens is 1. The summed E-state index contributed by atoms with van der Waals surface area (Å²) in [4.78, 5) is 36.4. The lowest BCUT2D eigenvalue weighted by atomic mass is 10.1. The highest BCUT2D eigenvalue weighted by Gasteiger charge is 2.15. The fraction of sp³-hybridized carbons (Fsp3) is 0.158. The Morgan fingerprint density at radius 2 is 1.93 bits per heavy atom. The first-order chi connectivity index (χ1) is 13.3. The number of fused-ring (bicyclic) bond motifs is 1. The molecule has 0 atom stereocenters. The van der Waals surface area contributed by atoms with Crippen molar-refractivity contribution in [3.8, 4) is 5.75 Å². The summed E-state index contributed by atoms with van der Waals surface area (Å²) in [5.41, 5.74) is 0.0827. The van der Waals surface area contributed by atoms with Crippen LogP contribution in [0.4, 0.5) is 5.69 Å². The molecule has 0 spiro atoms. The number of aromatic carboxylic acids is 1. The molecule has 0 radical (unpaired) electrons. The number of carboxylic acid groups (broad SMARTS) is 1. The molecule has 28 heavy (non-hydrogen) atoms. The minimum Gasteiger partial charge on any atom is -0.543 e. The first-order valence-electron chi connectivity index (χ1n) is 8.17. The van der Waals surface area contributed by atoms with Crippen LogP contribution in [0.5, 0.6) is 5.75 Å². The number of hydrogen-bond donors (Lipinski definition) is 1.